The number of nitrogens with one attached hydrogen (secondary N) is 1. The van der Waals surface area contributed by atoms with Crippen LogP contribution in [0.3, 0.4) is 0 Å². The van der Waals surface area contributed by atoms with Gasteiger partial charge < -0.3 is 4.98 Å². The highest BCUT2D eigenvalue weighted by Crippen LogP contribution is 2.56. The Morgan fingerprint density at radius 1 is 1.13 bits per heavy atom. The van der Waals surface area contributed by atoms with Crippen molar-refractivity contribution in [1.82, 2.24) is 4.98 Å². The first-order chi connectivity index (χ1) is 14.4. The number of alkyl halides is 3. The second kappa shape index (κ2) is 7.13. The van der Waals surface area contributed by atoms with Crippen LogP contribution in [-0.2, 0) is 27.2 Å². The third-order valence-corrected chi connectivity index (χ3v) is 7.12. The van der Waals surface area contributed by atoms with Gasteiger partial charge in [0.15, 0.2) is 9.84 Å². The number of nitriles is 1. The fraction of sp³-hybridized carbons (Fsp3) is 0.348. The van der Waals surface area contributed by atoms with Crippen LogP contribution in [0.25, 0.3) is 10.9 Å². The zero-order valence-electron chi connectivity index (χ0n) is 17.0. The first-order valence-electron chi connectivity index (χ1n) is 9.79. The number of rotatable bonds is 5. The van der Waals surface area contributed by atoms with Crippen LogP contribution in [0.15, 0.2) is 48.7 Å². The van der Waals surface area contributed by atoms with Gasteiger partial charge >= 0.3 is 6.18 Å². The maximum Gasteiger partial charge on any atom is 0.416 e. The van der Waals surface area contributed by atoms with Crippen LogP contribution < -0.4 is 0 Å². The Kier molecular flexibility index (Phi) is 4.93. The number of hydrogen-bond donors (Lipinski definition) is 1. The summed E-state index contributed by atoms with van der Waals surface area (Å²) < 4.78 is 62.9. The standard InChI is InChI=1S/C23H21F3N2O2S/c1-22(19-10-15(19)11-27,16-6-8-17(9-7-16)23(24,25)26)20-12-28-21-14(13-31(2,29)30)4-3-5-18(20)21/h3-9,12,15,19,28H,10,13H2,1-2H3. The van der Waals surface area contributed by atoms with E-state index in [0.717, 1.165) is 23.1 Å². The van der Waals surface area contributed by atoms with E-state index in [0.29, 0.717) is 23.1 Å². The van der Waals surface area contributed by atoms with E-state index in [1.54, 1.807) is 18.3 Å². The van der Waals surface area contributed by atoms with Crippen molar-refractivity contribution in [3.63, 3.8) is 0 Å². The summed E-state index contributed by atoms with van der Waals surface area (Å²) in [7, 11) is -3.25. The molecule has 1 heterocycles. The van der Waals surface area contributed by atoms with Gasteiger partial charge in [0.2, 0.25) is 0 Å². The fourth-order valence-electron chi connectivity index (χ4n) is 4.60. The molecule has 2 aromatic carbocycles. The van der Waals surface area contributed by atoms with Gasteiger partial charge in [-0.1, -0.05) is 37.3 Å². The molecule has 4 rings (SSSR count). The van der Waals surface area contributed by atoms with E-state index in [9.17, 15) is 26.9 Å². The Bertz CT molecular complexity index is 1290. The van der Waals surface area contributed by atoms with E-state index < -0.39 is 27.0 Å². The molecular formula is C23H21F3N2O2S. The summed E-state index contributed by atoms with van der Waals surface area (Å²) in [6.45, 7) is 1.95. The van der Waals surface area contributed by atoms with Crippen molar-refractivity contribution in [1.29, 1.82) is 5.26 Å². The number of sulfone groups is 1. The summed E-state index contributed by atoms with van der Waals surface area (Å²) in [5.74, 6) is -0.353. The molecule has 0 radical (unpaired) electrons. The molecule has 162 valence electrons. The first kappa shape index (κ1) is 21.4. The van der Waals surface area contributed by atoms with Crippen LogP contribution in [0.5, 0.6) is 0 Å². The molecule has 1 N–H and O–H groups in total. The lowest BCUT2D eigenvalue weighted by atomic mass is 9.71. The van der Waals surface area contributed by atoms with E-state index >= 15 is 0 Å². The first-order valence-corrected chi connectivity index (χ1v) is 11.9. The summed E-state index contributed by atoms with van der Waals surface area (Å²) in [4.78, 5) is 3.18. The van der Waals surface area contributed by atoms with Gasteiger partial charge in [0.1, 0.15) is 0 Å². The van der Waals surface area contributed by atoms with Crippen LogP contribution in [0.2, 0.25) is 0 Å². The molecule has 3 unspecified atom stereocenters. The second-order valence-electron chi connectivity index (χ2n) is 8.47. The Hall–Kier alpha value is -2.79. The summed E-state index contributed by atoms with van der Waals surface area (Å²) in [6, 6.07) is 12.8. The minimum atomic E-state index is -4.43. The number of para-hydroxylation sites is 1. The van der Waals surface area contributed by atoms with Crippen molar-refractivity contribution in [2.24, 2.45) is 11.8 Å². The van der Waals surface area contributed by atoms with Gasteiger partial charge in [-0.3, -0.25) is 0 Å². The van der Waals surface area contributed by atoms with Crippen LogP contribution in [0, 0.1) is 23.2 Å². The zero-order chi connectivity index (χ0) is 22.6. The van der Waals surface area contributed by atoms with Crippen LogP contribution in [0.4, 0.5) is 13.2 Å². The van der Waals surface area contributed by atoms with Gasteiger partial charge in [0.05, 0.1) is 23.3 Å². The molecule has 1 aliphatic rings. The molecule has 31 heavy (non-hydrogen) atoms. The Morgan fingerprint density at radius 2 is 1.77 bits per heavy atom. The maximum absolute atomic E-state index is 13.1. The highest BCUT2D eigenvalue weighted by atomic mass is 32.2. The molecule has 0 spiro atoms. The van der Waals surface area contributed by atoms with Crippen LogP contribution in [-0.4, -0.2) is 19.7 Å². The summed E-state index contributed by atoms with van der Waals surface area (Å²) in [6.07, 6.45) is -0.806. The molecule has 0 amide bonds. The minimum Gasteiger partial charge on any atom is -0.361 e. The van der Waals surface area contributed by atoms with Gasteiger partial charge in [0, 0.05) is 28.8 Å². The van der Waals surface area contributed by atoms with Crippen molar-refractivity contribution in [2.75, 3.05) is 6.26 Å². The molecule has 1 aromatic heterocycles. The highest BCUT2D eigenvalue weighted by Gasteiger charge is 2.53. The van der Waals surface area contributed by atoms with E-state index in [1.807, 2.05) is 13.0 Å². The predicted molar refractivity (Wildman–Crippen MR) is 112 cm³/mol. The average Bonchev–Trinajstić information content (AvgIpc) is 3.36. The number of aromatic nitrogens is 1. The lowest BCUT2D eigenvalue weighted by Crippen LogP contribution is -2.27. The van der Waals surface area contributed by atoms with E-state index in [-0.39, 0.29) is 17.6 Å². The van der Waals surface area contributed by atoms with Crippen molar-refractivity contribution < 1.29 is 21.6 Å². The monoisotopic (exact) mass is 446 g/mol. The molecule has 8 heteroatoms. The van der Waals surface area contributed by atoms with Crippen molar-refractivity contribution in [3.05, 3.63) is 70.9 Å². The van der Waals surface area contributed by atoms with Crippen LogP contribution >= 0.6 is 0 Å². The minimum absolute atomic E-state index is 0.0493. The molecule has 3 atom stereocenters. The quantitative estimate of drug-likeness (QED) is 0.586. The summed E-state index contributed by atoms with van der Waals surface area (Å²) in [5.41, 5.74) is 1.44. The third-order valence-electron chi connectivity index (χ3n) is 6.29. The fourth-order valence-corrected chi connectivity index (χ4v) is 5.41. The lowest BCUT2D eigenvalue weighted by molar-refractivity contribution is -0.137. The maximum atomic E-state index is 13.1. The summed E-state index contributed by atoms with van der Waals surface area (Å²) in [5, 5.41) is 10.3. The average molecular weight is 446 g/mol. The molecule has 1 fully saturated rings. The van der Waals surface area contributed by atoms with Gasteiger partial charge in [-0.2, -0.15) is 18.4 Å². The number of aromatic amines is 1. The molecular weight excluding hydrogens is 425 g/mol. The normalized spacial score (nSPS) is 20.9. The molecule has 4 nitrogen and oxygen atoms in total. The van der Waals surface area contributed by atoms with Gasteiger partial charge in [0.25, 0.3) is 0 Å². The van der Waals surface area contributed by atoms with Crippen molar-refractivity contribution in [3.8, 4) is 6.07 Å². The smallest absolute Gasteiger partial charge is 0.361 e. The van der Waals surface area contributed by atoms with Gasteiger partial charge in [-0.25, -0.2) is 8.42 Å². The number of nitrogens with zero attached hydrogens (tertiary/aromatic N) is 1. The van der Waals surface area contributed by atoms with Crippen molar-refractivity contribution >= 4 is 20.7 Å². The topological polar surface area (TPSA) is 73.7 Å². The molecule has 1 saturated carbocycles. The zero-order valence-corrected chi connectivity index (χ0v) is 17.8. The van der Waals surface area contributed by atoms with Gasteiger partial charge in [-0.05, 0) is 41.2 Å². The highest BCUT2D eigenvalue weighted by molar-refractivity contribution is 7.89. The molecule has 1 aliphatic carbocycles. The molecule has 0 saturated heterocycles. The number of hydrogen-bond acceptors (Lipinski definition) is 3. The Balaban J connectivity index is 1.88. The predicted octanol–water partition coefficient (Wildman–Crippen LogP) is 5.20. The molecule has 0 aliphatic heterocycles. The Morgan fingerprint density at radius 3 is 2.32 bits per heavy atom. The molecule has 3 aromatic rings. The SMILES string of the molecule is CC(c1ccc(C(F)(F)F)cc1)(c1c[nH]c2c(CS(C)(=O)=O)cccc12)C1CC1C#N. The number of H-pyrrole nitrogens is 1. The molecule has 0 bridgehead atoms. The number of benzene rings is 2. The Labute approximate surface area is 178 Å². The number of fused-ring (bicyclic) bond motifs is 1. The van der Waals surface area contributed by atoms with Gasteiger partial charge in [-0.15, -0.1) is 0 Å². The van der Waals surface area contributed by atoms with E-state index in [2.05, 4.69) is 11.1 Å². The largest absolute Gasteiger partial charge is 0.416 e. The van der Waals surface area contributed by atoms with E-state index in [4.69, 9.17) is 0 Å². The lowest BCUT2D eigenvalue weighted by Gasteiger charge is -2.31. The second-order valence-corrected chi connectivity index (χ2v) is 10.6. The van der Waals surface area contributed by atoms with Crippen LogP contribution in [0.1, 0.15) is 35.6 Å². The number of halogens is 3. The van der Waals surface area contributed by atoms with E-state index in [1.165, 1.54) is 18.4 Å². The van der Waals surface area contributed by atoms with Crippen molar-refractivity contribution in [2.45, 2.75) is 30.7 Å². The summed E-state index contributed by atoms with van der Waals surface area (Å²) >= 11 is 0. The third kappa shape index (κ3) is 3.83.